The topological polar surface area (TPSA) is 29.1 Å². The second-order valence-electron chi connectivity index (χ2n) is 3.80. The summed E-state index contributed by atoms with van der Waals surface area (Å²) in [5, 5.41) is 3.55. The summed E-state index contributed by atoms with van der Waals surface area (Å²) in [7, 11) is -0.562. The predicted molar refractivity (Wildman–Crippen MR) is 61.6 cm³/mol. The summed E-state index contributed by atoms with van der Waals surface area (Å²) < 4.78 is 11.1. The fourth-order valence-electron chi connectivity index (χ4n) is 1.76. The zero-order chi connectivity index (χ0) is 10.4. The van der Waals surface area contributed by atoms with Crippen LogP contribution in [-0.4, -0.2) is 27.8 Å². The first-order chi connectivity index (χ1) is 6.76. The monoisotopic (exact) mass is 213 g/mol. The van der Waals surface area contributed by atoms with E-state index in [1.807, 2.05) is 0 Å². The van der Waals surface area contributed by atoms with E-state index in [-0.39, 0.29) is 0 Å². The molecule has 0 aromatic rings. The van der Waals surface area contributed by atoms with Crippen molar-refractivity contribution in [2.24, 2.45) is 0 Å². The van der Waals surface area contributed by atoms with Crippen LogP contribution in [0.25, 0.3) is 0 Å². The van der Waals surface area contributed by atoms with Crippen LogP contribution < -0.4 is 5.32 Å². The molecular formula is C11H19NOS. The minimum absolute atomic E-state index is 0.441. The maximum absolute atomic E-state index is 11.1. The molecule has 1 atom stereocenters. The Bertz CT molecular complexity index is 224. The highest BCUT2D eigenvalue weighted by atomic mass is 32.2. The average molecular weight is 213 g/mol. The van der Waals surface area contributed by atoms with Crippen LogP contribution >= 0.6 is 0 Å². The van der Waals surface area contributed by atoms with Crippen molar-refractivity contribution in [1.82, 2.24) is 5.32 Å². The number of nitrogens with one attached hydrogen (secondary N) is 1. The zero-order valence-electron chi connectivity index (χ0n) is 8.79. The van der Waals surface area contributed by atoms with Gasteiger partial charge in [0.15, 0.2) is 0 Å². The van der Waals surface area contributed by atoms with Gasteiger partial charge in [-0.1, -0.05) is 6.92 Å². The summed E-state index contributed by atoms with van der Waals surface area (Å²) in [5.41, 5.74) is 0. The Balaban J connectivity index is 2.29. The molecule has 1 unspecified atom stereocenters. The Kier molecular flexibility index (Phi) is 5.21. The molecule has 80 valence electrons. The van der Waals surface area contributed by atoms with Crippen molar-refractivity contribution in [3.8, 4) is 12.3 Å². The maximum atomic E-state index is 11.1. The fourth-order valence-corrected chi connectivity index (χ4v) is 3.06. The molecule has 1 heterocycles. The molecule has 1 N–H and O–H groups in total. The predicted octanol–water partition coefficient (Wildman–Crippen LogP) is 1.29. The molecule has 0 aromatic heterocycles. The highest BCUT2D eigenvalue weighted by Gasteiger charge is 2.19. The summed E-state index contributed by atoms with van der Waals surface area (Å²) in [4.78, 5) is 0. The SMILES string of the molecule is C#CCC(CC)NC1CCS(=O)CC1. The molecule has 0 amide bonds. The van der Waals surface area contributed by atoms with Crippen molar-refractivity contribution in [3.05, 3.63) is 0 Å². The molecule has 0 spiro atoms. The van der Waals surface area contributed by atoms with Gasteiger partial charge in [0.05, 0.1) is 0 Å². The van der Waals surface area contributed by atoms with E-state index in [1.54, 1.807) is 0 Å². The van der Waals surface area contributed by atoms with Crippen molar-refractivity contribution in [2.75, 3.05) is 11.5 Å². The van der Waals surface area contributed by atoms with Gasteiger partial charge in [-0.2, -0.15) is 0 Å². The quantitative estimate of drug-likeness (QED) is 0.713. The molecule has 2 nitrogen and oxygen atoms in total. The molecule has 1 fully saturated rings. The van der Waals surface area contributed by atoms with Crippen molar-refractivity contribution >= 4 is 10.8 Å². The zero-order valence-corrected chi connectivity index (χ0v) is 9.61. The molecule has 14 heavy (non-hydrogen) atoms. The summed E-state index contributed by atoms with van der Waals surface area (Å²) >= 11 is 0. The Morgan fingerprint density at radius 3 is 2.71 bits per heavy atom. The first kappa shape index (κ1) is 11.7. The van der Waals surface area contributed by atoms with Gasteiger partial charge in [-0.15, -0.1) is 12.3 Å². The van der Waals surface area contributed by atoms with E-state index in [2.05, 4.69) is 18.2 Å². The van der Waals surface area contributed by atoms with Gasteiger partial charge in [-0.25, -0.2) is 0 Å². The van der Waals surface area contributed by atoms with E-state index in [1.165, 1.54) is 0 Å². The number of hydrogen-bond acceptors (Lipinski definition) is 2. The van der Waals surface area contributed by atoms with Gasteiger partial charge in [0.2, 0.25) is 0 Å². The van der Waals surface area contributed by atoms with Gasteiger partial charge < -0.3 is 5.32 Å². The molecule has 1 aliphatic heterocycles. The minimum atomic E-state index is -0.562. The van der Waals surface area contributed by atoms with Gasteiger partial charge >= 0.3 is 0 Å². The second kappa shape index (κ2) is 6.21. The molecule has 0 radical (unpaired) electrons. The van der Waals surface area contributed by atoms with Crippen LogP contribution in [0, 0.1) is 12.3 Å². The molecule has 0 aliphatic carbocycles. The lowest BCUT2D eigenvalue weighted by molar-refractivity contribution is 0.399. The molecule has 0 bridgehead atoms. The first-order valence-electron chi connectivity index (χ1n) is 5.30. The lowest BCUT2D eigenvalue weighted by Crippen LogP contribution is -2.41. The van der Waals surface area contributed by atoms with Gasteiger partial charge in [-0.05, 0) is 19.3 Å². The average Bonchev–Trinajstić information content (AvgIpc) is 2.20. The molecule has 0 aromatic carbocycles. The van der Waals surface area contributed by atoms with E-state index in [4.69, 9.17) is 6.42 Å². The fraction of sp³-hybridized carbons (Fsp3) is 0.818. The lowest BCUT2D eigenvalue weighted by Gasteiger charge is -2.26. The Morgan fingerprint density at radius 2 is 2.21 bits per heavy atom. The van der Waals surface area contributed by atoms with Gasteiger partial charge in [0, 0.05) is 40.8 Å². The van der Waals surface area contributed by atoms with Crippen LogP contribution in [0.2, 0.25) is 0 Å². The summed E-state index contributed by atoms with van der Waals surface area (Å²) in [6.45, 7) is 2.15. The number of rotatable bonds is 4. The molecule has 0 saturated carbocycles. The second-order valence-corrected chi connectivity index (χ2v) is 5.50. The molecule has 1 rings (SSSR count). The van der Waals surface area contributed by atoms with E-state index < -0.39 is 10.8 Å². The maximum Gasteiger partial charge on any atom is 0.0249 e. The van der Waals surface area contributed by atoms with Gasteiger partial charge in [-0.3, -0.25) is 4.21 Å². The minimum Gasteiger partial charge on any atom is -0.310 e. The van der Waals surface area contributed by atoms with E-state index >= 15 is 0 Å². The first-order valence-corrected chi connectivity index (χ1v) is 6.79. The molecule has 3 heteroatoms. The van der Waals surface area contributed by atoms with Gasteiger partial charge in [0.1, 0.15) is 0 Å². The molecule has 1 saturated heterocycles. The smallest absolute Gasteiger partial charge is 0.0249 e. The number of terminal acetylenes is 1. The third-order valence-electron chi connectivity index (χ3n) is 2.72. The van der Waals surface area contributed by atoms with Crippen LogP contribution in [0.3, 0.4) is 0 Å². The lowest BCUT2D eigenvalue weighted by atomic mass is 10.1. The van der Waals surface area contributed by atoms with Crippen LogP contribution in [0.5, 0.6) is 0 Å². The van der Waals surface area contributed by atoms with Crippen molar-refractivity contribution in [1.29, 1.82) is 0 Å². The Labute approximate surface area is 89.3 Å². The summed E-state index contributed by atoms with van der Waals surface area (Å²) in [6.07, 6.45) is 9.24. The third-order valence-corrected chi connectivity index (χ3v) is 4.10. The Hall–Kier alpha value is -0.330. The van der Waals surface area contributed by atoms with Crippen LogP contribution in [0.4, 0.5) is 0 Å². The van der Waals surface area contributed by atoms with Crippen LogP contribution in [-0.2, 0) is 10.8 Å². The van der Waals surface area contributed by atoms with E-state index in [0.29, 0.717) is 12.1 Å². The standard InChI is InChI=1S/C11H19NOS/c1-3-5-10(4-2)12-11-6-8-14(13)9-7-11/h1,10-12H,4-9H2,2H3. The Morgan fingerprint density at radius 1 is 1.57 bits per heavy atom. The normalized spacial score (nSPS) is 29.4. The van der Waals surface area contributed by atoms with Crippen LogP contribution in [0.15, 0.2) is 0 Å². The molecule has 1 aliphatic rings. The summed E-state index contributed by atoms with van der Waals surface area (Å²) in [6, 6.07) is 0.975. The third kappa shape index (κ3) is 3.81. The molecular weight excluding hydrogens is 194 g/mol. The van der Waals surface area contributed by atoms with Gasteiger partial charge in [0.25, 0.3) is 0 Å². The highest BCUT2D eigenvalue weighted by molar-refractivity contribution is 7.85. The highest BCUT2D eigenvalue weighted by Crippen LogP contribution is 2.11. The largest absolute Gasteiger partial charge is 0.310 e. The van der Waals surface area contributed by atoms with Crippen molar-refractivity contribution in [3.63, 3.8) is 0 Å². The van der Waals surface area contributed by atoms with E-state index in [0.717, 1.165) is 37.2 Å². The van der Waals surface area contributed by atoms with E-state index in [9.17, 15) is 4.21 Å². The number of hydrogen-bond donors (Lipinski definition) is 1. The summed E-state index contributed by atoms with van der Waals surface area (Å²) in [5.74, 6) is 4.40. The van der Waals surface area contributed by atoms with Crippen molar-refractivity contribution in [2.45, 2.75) is 44.7 Å². The van der Waals surface area contributed by atoms with Crippen molar-refractivity contribution < 1.29 is 4.21 Å². The van der Waals surface area contributed by atoms with Crippen LogP contribution in [0.1, 0.15) is 32.6 Å².